The molecule has 0 aromatic heterocycles. The molecular formula is C12H17ClFN3O. The highest BCUT2D eigenvalue weighted by atomic mass is 35.5. The number of hydrogen-bond acceptors (Lipinski definition) is 3. The van der Waals surface area contributed by atoms with E-state index < -0.39 is 17.8 Å². The number of primary amides is 1. The van der Waals surface area contributed by atoms with Gasteiger partial charge in [0.05, 0.1) is 0 Å². The Hall–Kier alpha value is -1.17. The normalized spacial score (nSPS) is 12.7. The van der Waals surface area contributed by atoms with Gasteiger partial charge in [0.2, 0.25) is 5.91 Å². The van der Waals surface area contributed by atoms with Crippen molar-refractivity contribution in [3.05, 3.63) is 34.6 Å². The lowest BCUT2D eigenvalue weighted by Crippen LogP contribution is -2.37. The van der Waals surface area contributed by atoms with Gasteiger partial charge in [0.1, 0.15) is 11.9 Å². The number of nitrogens with two attached hydrogens (primary N) is 1. The standard InChI is InChI=1S/C12H17ClFN3O/c1-17(2)4-3-16-11(12(15)18)8-5-9(13)7-10(14)6-8/h5-7,11,16H,3-4H2,1-2H3,(H2,15,18). The molecule has 0 saturated carbocycles. The van der Waals surface area contributed by atoms with Crippen LogP contribution in [0.1, 0.15) is 11.6 Å². The van der Waals surface area contributed by atoms with E-state index in [0.29, 0.717) is 12.1 Å². The van der Waals surface area contributed by atoms with Gasteiger partial charge in [-0.2, -0.15) is 0 Å². The van der Waals surface area contributed by atoms with Crippen LogP contribution < -0.4 is 11.1 Å². The summed E-state index contributed by atoms with van der Waals surface area (Å²) < 4.78 is 13.2. The minimum atomic E-state index is -0.738. The number of nitrogens with one attached hydrogen (secondary N) is 1. The Morgan fingerprint density at radius 1 is 1.50 bits per heavy atom. The Labute approximate surface area is 111 Å². The molecule has 1 atom stereocenters. The second-order valence-corrected chi connectivity index (χ2v) is 4.73. The van der Waals surface area contributed by atoms with Crippen LogP contribution in [0.4, 0.5) is 4.39 Å². The largest absolute Gasteiger partial charge is 0.368 e. The molecule has 0 spiro atoms. The van der Waals surface area contributed by atoms with E-state index in [1.54, 1.807) is 0 Å². The molecule has 1 aromatic carbocycles. The van der Waals surface area contributed by atoms with Gasteiger partial charge in [0.15, 0.2) is 0 Å². The highest BCUT2D eigenvalue weighted by Crippen LogP contribution is 2.19. The van der Waals surface area contributed by atoms with Crippen LogP contribution in [0, 0.1) is 5.82 Å². The van der Waals surface area contributed by atoms with E-state index in [0.717, 1.165) is 6.54 Å². The van der Waals surface area contributed by atoms with Crippen LogP contribution in [0.5, 0.6) is 0 Å². The number of nitrogens with zero attached hydrogens (tertiary/aromatic N) is 1. The van der Waals surface area contributed by atoms with E-state index in [1.165, 1.54) is 18.2 Å². The highest BCUT2D eigenvalue weighted by Gasteiger charge is 2.18. The summed E-state index contributed by atoms with van der Waals surface area (Å²) in [6.07, 6.45) is 0. The molecule has 0 aliphatic heterocycles. The Morgan fingerprint density at radius 3 is 2.67 bits per heavy atom. The molecular weight excluding hydrogens is 257 g/mol. The molecule has 6 heteroatoms. The average molecular weight is 274 g/mol. The molecule has 0 aliphatic carbocycles. The van der Waals surface area contributed by atoms with Crippen molar-refractivity contribution in [1.29, 1.82) is 0 Å². The Balaban J connectivity index is 2.80. The first-order valence-electron chi connectivity index (χ1n) is 5.53. The van der Waals surface area contributed by atoms with Crippen molar-refractivity contribution in [1.82, 2.24) is 10.2 Å². The summed E-state index contributed by atoms with van der Waals surface area (Å²) in [6.45, 7) is 1.31. The highest BCUT2D eigenvalue weighted by molar-refractivity contribution is 6.30. The molecule has 3 N–H and O–H groups in total. The zero-order valence-corrected chi connectivity index (χ0v) is 11.2. The average Bonchev–Trinajstić information content (AvgIpc) is 2.21. The van der Waals surface area contributed by atoms with E-state index in [-0.39, 0.29) is 5.02 Å². The maximum Gasteiger partial charge on any atom is 0.239 e. The second-order valence-electron chi connectivity index (χ2n) is 4.30. The molecule has 0 radical (unpaired) electrons. The Morgan fingerprint density at radius 2 is 2.17 bits per heavy atom. The van der Waals surface area contributed by atoms with E-state index >= 15 is 0 Å². The molecule has 0 heterocycles. The molecule has 4 nitrogen and oxygen atoms in total. The number of amides is 1. The zero-order valence-electron chi connectivity index (χ0n) is 10.4. The predicted octanol–water partition coefficient (Wildman–Crippen LogP) is 1.16. The first kappa shape index (κ1) is 14.9. The summed E-state index contributed by atoms with van der Waals surface area (Å²) in [5.74, 6) is -1.05. The van der Waals surface area contributed by atoms with Crippen molar-refractivity contribution in [2.45, 2.75) is 6.04 Å². The number of halogens is 2. The van der Waals surface area contributed by atoms with Gasteiger partial charge in [-0.1, -0.05) is 11.6 Å². The topological polar surface area (TPSA) is 58.4 Å². The van der Waals surface area contributed by atoms with Crippen LogP contribution in [0.2, 0.25) is 5.02 Å². The van der Waals surface area contributed by atoms with Crippen molar-refractivity contribution < 1.29 is 9.18 Å². The number of hydrogen-bond donors (Lipinski definition) is 2. The van der Waals surface area contributed by atoms with Gasteiger partial charge in [0, 0.05) is 18.1 Å². The lowest BCUT2D eigenvalue weighted by molar-refractivity contribution is -0.120. The third kappa shape index (κ3) is 4.60. The summed E-state index contributed by atoms with van der Waals surface area (Å²) in [4.78, 5) is 13.3. The lowest BCUT2D eigenvalue weighted by Gasteiger charge is -2.18. The zero-order chi connectivity index (χ0) is 13.7. The lowest BCUT2D eigenvalue weighted by atomic mass is 10.1. The molecule has 0 bridgehead atoms. The van der Waals surface area contributed by atoms with Gasteiger partial charge >= 0.3 is 0 Å². The number of rotatable bonds is 6. The Bertz CT molecular complexity index is 406. The maximum absolute atomic E-state index is 13.2. The van der Waals surface area contributed by atoms with Crippen molar-refractivity contribution in [2.24, 2.45) is 5.73 Å². The van der Waals surface area contributed by atoms with Gasteiger partial charge < -0.3 is 16.0 Å². The summed E-state index contributed by atoms with van der Waals surface area (Å²) in [7, 11) is 3.83. The summed E-state index contributed by atoms with van der Waals surface area (Å²) in [5, 5.41) is 3.22. The second kappa shape index (κ2) is 6.68. The van der Waals surface area contributed by atoms with Gasteiger partial charge in [-0.15, -0.1) is 0 Å². The predicted molar refractivity (Wildman–Crippen MR) is 69.9 cm³/mol. The Kier molecular flexibility index (Phi) is 5.53. The van der Waals surface area contributed by atoms with Gasteiger partial charge in [0.25, 0.3) is 0 Å². The number of likely N-dealkylation sites (N-methyl/N-ethyl adjacent to an activating group) is 1. The monoisotopic (exact) mass is 273 g/mol. The van der Waals surface area contributed by atoms with Crippen LogP contribution in [0.25, 0.3) is 0 Å². The molecule has 1 rings (SSSR count). The third-order valence-corrected chi connectivity index (χ3v) is 2.63. The van der Waals surface area contributed by atoms with Crippen molar-refractivity contribution in [2.75, 3.05) is 27.2 Å². The van der Waals surface area contributed by atoms with Gasteiger partial charge in [-0.25, -0.2) is 4.39 Å². The molecule has 1 unspecified atom stereocenters. The van der Waals surface area contributed by atoms with Crippen molar-refractivity contribution in [3.63, 3.8) is 0 Å². The van der Waals surface area contributed by atoms with E-state index in [4.69, 9.17) is 17.3 Å². The van der Waals surface area contributed by atoms with Crippen LogP contribution >= 0.6 is 11.6 Å². The van der Waals surface area contributed by atoms with Gasteiger partial charge in [-0.05, 0) is 37.9 Å². The molecule has 0 fully saturated rings. The van der Waals surface area contributed by atoms with Gasteiger partial charge in [-0.3, -0.25) is 4.79 Å². The summed E-state index contributed by atoms with van der Waals surface area (Å²) in [6, 6.07) is 3.23. The number of benzene rings is 1. The third-order valence-electron chi connectivity index (χ3n) is 2.41. The minimum Gasteiger partial charge on any atom is -0.368 e. The first-order chi connectivity index (χ1) is 8.40. The van der Waals surface area contributed by atoms with Crippen LogP contribution in [-0.2, 0) is 4.79 Å². The molecule has 1 aromatic rings. The fourth-order valence-electron chi connectivity index (χ4n) is 1.56. The summed E-state index contributed by atoms with van der Waals surface area (Å²) in [5.41, 5.74) is 5.74. The molecule has 18 heavy (non-hydrogen) atoms. The number of carbonyl (C=O) groups excluding carboxylic acids is 1. The molecule has 100 valence electrons. The SMILES string of the molecule is CN(C)CCNC(C(N)=O)c1cc(F)cc(Cl)c1. The fraction of sp³-hybridized carbons (Fsp3) is 0.417. The maximum atomic E-state index is 13.2. The molecule has 0 aliphatic rings. The van der Waals surface area contributed by atoms with Crippen LogP contribution in [-0.4, -0.2) is 38.0 Å². The quantitative estimate of drug-likeness (QED) is 0.818. The van der Waals surface area contributed by atoms with Crippen molar-refractivity contribution >= 4 is 17.5 Å². The fourth-order valence-corrected chi connectivity index (χ4v) is 1.79. The van der Waals surface area contributed by atoms with E-state index in [1.807, 2.05) is 19.0 Å². The molecule has 1 amide bonds. The summed E-state index contributed by atoms with van der Waals surface area (Å²) >= 11 is 5.76. The van der Waals surface area contributed by atoms with Crippen molar-refractivity contribution in [3.8, 4) is 0 Å². The van der Waals surface area contributed by atoms with Crippen LogP contribution in [0.15, 0.2) is 18.2 Å². The first-order valence-corrected chi connectivity index (χ1v) is 5.91. The van der Waals surface area contributed by atoms with Crippen LogP contribution in [0.3, 0.4) is 0 Å². The smallest absolute Gasteiger partial charge is 0.239 e. The van der Waals surface area contributed by atoms with E-state index in [9.17, 15) is 9.18 Å². The molecule has 0 saturated heterocycles. The number of carbonyl (C=O) groups is 1. The minimum absolute atomic E-state index is 0.241. The van der Waals surface area contributed by atoms with E-state index in [2.05, 4.69) is 5.32 Å².